The molecule has 0 saturated heterocycles. The van der Waals surface area contributed by atoms with Crippen molar-refractivity contribution in [3.63, 3.8) is 0 Å². The molecule has 3 N–H and O–H groups in total. The number of benzene rings is 2. The van der Waals surface area contributed by atoms with Crippen molar-refractivity contribution >= 4 is 0 Å². The lowest BCUT2D eigenvalue weighted by molar-refractivity contribution is 0.348. The molecule has 1 aromatic heterocycles. The standard InChI is InChI=1S/C22H20N4O3/c1-12-7-9-13(10-8-12)19-18-17(14-5-4-6-16(27-2)20(14)28-3)15(11-23)21(24)29-22(18)26-25-19/h4-10,17H,24H2,1-3H3,(H,25,26). The van der Waals surface area contributed by atoms with Gasteiger partial charge in [-0.25, -0.2) is 0 Å². The third kappa shape index (κ3) is 2.95. The number of ether oxygens (including phenoxy) is 3. The summed E-state index contributed by atoms with van der Waals surface area (Å²) in [6.45, 7) is 2.02. The van der Waals surface area contributed by atoms with Gasteiger partial charge in [-0.1, -0.05) is 42.0 Å². The summed E-state index contributed by atoms with van der Waals surface area (Å²) in [5, 5.41) is 17.2. The van der Waals surface area contributed by atoms with Gasteiger partial charge in [-0.2, -0.15) is 5.26 Å². The van der Waals surface area contributed by atoms with E-state index in [1.54, 1.807) is 20.3 Å². The zero-order chi connectivity index (χ0) is 20.5. The number of aromatic amines is 1. The second kappa shape index (κ2) is 7.24. The van der Waals surface area contributed by atoms with Crippen molar-refractivity contribution in [2.75, 3.05) is 14.2 Å². The maximum absolute atomic E-state index is 9.87. The molecule has 29 heavy (non-hydrogen) atoms. The number of nitrogens with zero attached hydrogens (tertiary/aromatic N) is 2. The van der Waals surface area contributed by atoms with Crippen molar-refractivity contribution < 1.29 is 14.2 Å². The Kier molecular flexibility index (Phi) is 4.61. The summed E-state index contributed by atoms with van der Waals surface area (Å²) in [6.07, 6.45) is 0. The summed E-state index contributed by atoms with van der Waals surface area (Å²) in [4.78, 5) is 0. The second-order valence-corrected chi connectivity index (χ2v) is 6.69. The van der Waals surface area contributed by atoms with Crippen LogP contribution < -0.4 is 19.9 Å². The number of aromatic nitrogens is 2. The summed E-state index contributed by atoms with van der Waals surface area (Å²) in [5.74, 6) is 0.936. The molecule has 2 aromatic carbocycles. The van der Waals surface area contributed by atoms with Gasteiger partial charge in [0, 0.05) is 11.1 Å². The first-order valence-electron chi connectivity index (χ1n) is 9.02. The first kappa shape index (κ1) is 18.4. The topological polar surface area (TPSA) is 106 Å². The molecule has 1 aliphatic heterocycles. The van der Waals surface area contributed by atoms with E-state index in [-0.39, 0.29) is 5.88 Å². The van der Waals surface area contributed by atoms with E-state index >= 15 is 0 Å². The van der Waals surface area contributed by atoms with Crippen LogP contribution in [0.25, 0.3) is 11.3 Å². The number of fused-ring (bicyclic) bond motifs is 1. The molecule has 0 fully saturated rings. The number of rotatable bonds is 4. The zero-order valence-corrected chi connectivity index (χ0v) is 16.3. The van der Waals surface area contributed by atoms with Crippen molar-refractivity contribution in [1.29, 1.82) is 5.26 Å². The fourth-order valence-corrected chi connectivity index (χ4v) is 3.64. The molecular weight excluding hydrogens is 368 g/mol. The first-order chi connectivity index (χ1) is 14.1. The van der Waals surface area contributed by atoms with Crippen LogP contribution in [0.15, 0.2) is 53.9 Å². The highest BCUT2D eigenvalue weighted by Crippen LogP contribution is 2.49. The molecule has 1 unspecified atom stereocenters. The molecule has 0 aliphatic carbocycles. The van der Waals surface area contributed by atoms with Gasteiger partial charge in [-0.3, -0.25) is 5.10 Å². The van der Waals surface area contributed by atoms with E-state index in [0.717, 1.165) is 27.9 Å². The fourth-order valence-electron chi connectivity index (χ4n) is 3.64. The minimum absolute atomic E-state index is 0.0248. The first-order valence-corrected chi connectivity index (χ1v) is 9.02. The largest absolute Gasteiger partial charge is 0.493 e. The highest BCUT2D eigenvalue weighted by molar-refractivity contribution is 5.72. The maximum atomic E-state index is 9.87. The van der Waals surface area contributed by atoms with Gasteiger partial charge < -0.3 is 19.9 Å². The van der Waals surface area contributed by atoms with Crippen LogP contribution in [0.1, 0.15) is 22.6 Å². The Morgan fingerprint density at radius 3 is 2.55 bits per heavy atom. The van der Waals surface area contributed by atoms with Gasteiger partial charge >= 0.3 is 0 Å². The highest BCUT2D eigenvalue weighted by atomic mass is 16.5. The van der Waals surface area contributed by atoms with E-state index in [9.17, 15) is 5.26 Å². The molecular formula is C22H20N4O3. The van der Waals surface area contributed by atoms with Crippen LogP contribution in [-0.4, -0.2) is 24.4 Å². The van der Waals surface area contributed by atoms with Crippen LogP contribution in [0.2, 0.25) is 0 Å². The number of H-pyrrole nitrogens is 1. The van der Waals surface area contributed by atoms with Crippen LogP contribution in [0.3, 0.4) is 0 Å². The van der Waals surface area contributed by atoms with Crippen molar-refractivity contribution in [2.24, 2.45) is 5.73 Å². The van der Waals surface area contributed by atoms with Crippen LogP contribution >= 0.6 is 0 Å². The summed E-state index contributed by atoms with van der Waals surface area (Å²) in [7, 11) is 3.14. The molecule has 1 aliphatic rings. The van der Waals surface area contributed by atoms with E-state index in [1.807, 2.05) is 43.3 Å². The number of hydrogen-bond acceptors (Lipinski definition) is 6. The third-order valence-electron chi connectivity index (χ3n) is 5.02. The molecule has 7 nitrogen and oxygen atoms in total. The lowest BCUT2D eigenvalue weighted by Gasteiger charge is -2.26. The van der Waals surface area contributed by atoms with Crippen molar-refractivity contribution in [2.45, 2.75) is 12.8 Å². The van der Waals surface area contributed by atoms with Crippen molar-refractivity contribution in [3.8, 4) is 34.7 Å². The number of nitrogens with one attached hydrogen (secondary N) is 1. The number of hydrogen-bond donors (Lipinski definition) is 2. The molecule has 0 spiro atoms. The Labute approximate surface area is 168 Å². The molecule has 4 rings (SSSR count). The van der Waals surface area contributed by atoms with Gasteiger partial charge in [0.15, 0.2) is 11.5 Å². The number of nitrogens with two attached hydrogens (primary N) is 1. The van der Waals surface area contributed by atoms with Crippen LogP contribution in [0.4, 0.5) is 0 Å². The Morgan fingerprint density at radius 1 is 1.14 bits per heavy atom. The maximum Gasteiger partial charge on any atom is 0.244 e. The molecule has 0 amide bonds. The number of nitriles is 1. The zero-order valence-electron chi connectivity index (χ0n) is 16.3. The molecule has 7 heteroatoms. The van der Waals surface area contributed by atoms with E-state index in [2.05, 4.69) is 16.3 Å². The Balaban J connectivity index is 1.99. The molecule has 0 radical (unpaired) electrons. The van der Waals surface area contributed by atoms with Crippen molar-refractivity contribution in [1.82, 2.24) is 10.2 Å². The summed E-state index contributed by atoms with van der Waals surface area (Å²) in [6, 6.07) is 15.8. The molecule has 2 heterocycles. The normalized spacial score (nSPS) is 15.3. The monoisotopic (exact) mass is 388 g/mol. The number of aryl methyl sites for hydroxylation is 1. The lowest BCUT2D eigenvalue weighted by atomic mass is 9.82. The smallest absolute Gasteiger partial charge is 0.244 e. The number of methoxy groups -OCH3 is 2. The predicted octanol–water partition coefficient (Wildman–Crippen LogP) is 3.62. The van der Waals surface area contributed by atoms with Gasteiger partial charge in [-0.05, 0) is 13.0 Å². The van der Waals surface area contributed by atoms with Crippen molar-refractivity contribution in [3.05, 3.63) is 70.6 Å². The Bertz CT molecular complexity index is 1140. The highest BCUT2D eigenvalue weighted by Gasteiger charge is 2.37. The quantitative estimate of drug-likeness (QED) is 0.707. The second-order valence-electron chi connectivity index (χ2n) is 6.69. The third-order valence-corrected chi connectivity index (χ3v) is 5.02. The molecule has 146 valence electrons. The average Bonchev–Trinajstić information content (AvgIpc) is 3.15. The summed E-state index contributed by atoms with van der Waals surface area (Å²) in [5.41, 5.74) is 10.7. The predicted molar refractivity (Wildman–Crippen MR) is 108 cm³/mol. The van der Waals surface area contributed by atoms with Crippen LogP contribution in [0, 0.1) is 18.3 Å². The molecule has 0 bridgehead atoms. The van der Waals surface area contributed by atoms with Crippen LogP contribution in [-0.2, 0) is 0 Å². The summed E-state index contributed by atoms with van der Waals surface area (Å²) >= 11 is 0. The van der Waals surface area contributed by atoms with Gasteiger partial charge in [0.25, 0.3) is 0 Å². The molecule has 3 aromatic rings. The minimum atomic E-state index is -0.524. The Morgan fingerprint density at radius 2 is 1.90 bits per heavy atom. The fraction of sp³-hybridized carbons (Fsp3) is 0.182. The summed E-state index contributed by atoms with van der Waals surface area (Å²) < 4.78 is 16.7. The van der Waals surface area contributed by atoms with Gasteiger partial charge in [-0.15, -0.1) is 5.10 Å². The molecule has 0 saturated carbocycles. The average molecular weight is 388 g/mol. The van der Waals surface area contributed by atoms with Gasteiger partial charge in [0.2, 0.25) is 11.8 Å². The van der Waals surface area contributed by atoms with Gasteiger partial charge in [0.05, 0.1) is 31.4 Å². The van der Waals surface area contributed by atoms with E-state index in [1.165, 1.54) is 0 Å². The molecule has 1 atom stereocenters. The SMILES string of the molecule is COc1cccc(C2C(C#N)=C(N)Oc3n[nH]c(-c4ccc(C)cc4)c32)c1OC. The van der Waals surface area contributed by atoms with E-state index < -0.39 is 5.92 Å². The lowest BCUT2D eigenvalue weighted by Crippen LogP contribution is -2.21. The minimum Gasteiger partial charge on any atom is -0.493 e. The number of allylic oxidation sites excluding steroid dienone is 1. The number of para-hydroxylation sites is 1. The van der Waals surface area contributed by atoms with Crippen LogP contribution in [0.5, 0.6) is 17.4 Å². The van der Waals surface area contributed by atoms with Gasteiger partial charge in [0.1, 0.15) is 11.6 Å². The van der Waals surface area contributed by atoms with E-state index in [0.29, 0.717) is 23.0 Å². The van der Waals surface area contributed by atoms with E-state index in [4.69, 9.17) is 19.9 Å². The Hall–Kier alpha value is -3.92.